The van der Waals surface area contributed by atoms with E-state index in [1.54, 1.807) is 6.20 Å². The second kappa shape index (κ2) is 3.50. The maximum atomic E-state index is 9.24. The highest BCUT2D eigenvalue weighted by molar-refractivity contribution is 5.04. The first-order chi connectivity index (χ1) is 5.27. The molecule has 0 aliphatic rings. The summed E-state index contributed by atoms with van der Waals surface area (Å²) >= 11 is 0. The molecule has 1 aromatic rings. The summed E-state index contributed by atoms with van der Waals surface area (Å²) in [6.07, 6.45) is 1.86. The Morgan fingerprint density at radius 3 is 3.00 bits per heavy atom. The van der Waals surface area contributed by atoms with Gasteiger partial charge in [0.2, 0.25) is 0 Å². The van der Waals surface area contributed by atoms with Gasteiger partial charge in [-0.15, -0.1) is 0 Å². The number of rotatable bonds is 3. The number of aromatic amines is 1. The van der Waals surface area contributed by atoms with Crippen molar-refractivity contribution in [2.45, 2.75) is 19.4 Å². The molecule has 0 saturated heterocycles. The molecule has 1 aromatic heterocycles. The molecule has 0 fully saturated rings. The Bertz CT molecular complexity index is 221. The number of nitrogens with two attached hydrogens (primary N) is 1. The predicted molar refractivity (Wildman–Crippen MR) is 42.0 cm³/mol. The minimum absolute atomic E-state index is 0.228. The van der Waals surface area contributed by atoms with E-state index >= 15 is 0 Å². The summed E-state index contributed by atoms with van der Waals surface area (Å²) in [5.74, 6) is 0.882. The Hall–Kier alpha value is -0.870. The monoisotopic (exact) mass is 155 g/mol. The van der Waals surface area contributed by atoms with Gasteiger partial charge in [0.1, 0.15) is 11.9 Å². The van der Waals surface area contributed by atoms with Crippen LogP contribution in [-0.2, 0) is 6.42 Å². The average molecular weight is 155 g/mol. The zero-order valence-electron chi connectivity index (χ0n) is 6.54. The fourth-order valence-electron chi connectivity index (χ4n) is 0.855. The number of aromatic nitrogens is 2. The zero-order valence-corrected chi connectivity index (χ0v) is 6.54. The van der Waals surface area contributed by atoms with Crippen molar-refractivity contribution in [3.05, 3.63) is 17.7 Å². The first-order valence-electron chi connectivity index (χ1n) is 3.69. The molecular weight excluding hydrogens is 142 g/mol. The molecule has 1 rings (SSSR count). The van der Waals surface area contributed by atoms with Crippen LogP contribution >= 0.6 is 0 Å². The molecule has 11 heavy (non-hydrogen) atoms. The van der Waals surface area contributed by atoms with Crippen LogP contribution in [-0.4, -0.2) is 21.6 Å². The Labute approximate surface area is 65.5 Å². The van der Waals surface area contributed by atoms with E-state index in [4.69, 9.17) is 5.73 Å². The quantitative estimate of drug-likeness (QED) is 0.573. The number of aryl methyl sites for hydroxylation is 1. The second-order valence-electron chi connectivity index (χ2n) is 2.39. The molecule has 0 aromatic carbocycles. The predicted octanol–water partition coefficient (Wildman–Crippen LogP) is -0.0358. The van der Waals surface area contributed by atoms with Gasteiger partial charge >= 0.3 is 0 Å². The van der Waals surface area contributed by atoms with E-state index in [9.17, 15) is 5.11 Å². The van der Waals surface area contributed by atoms with Crippen LogP contribution in [0.1, 0.15) is 24.5 Å². The van der Waals surface area contributed by atoms with Gasteiger partial charge in [-0.3, -0.25) is 0 Å². The molecule has 1 unspecified atom stereocenters. The summed E-state index contributed by atoms with van der Waals surface area (Å²) in [7, 11) is 0. The van der Waals surface area contributed by atoms with Gasteiger partial charge in [0, 0.05) is 13.0 Å². The SMILES string of the molecule is CCc1ncc(C(O)CN)[nH]1. The third kappa shape index (κ3) is 1.78. The topological polar surface area (TPSA) is 74.9 Å². The minimum atomic E-state index is -0.609. The van der Waals surface area contributed by atoms with Crippen molar-refractivity contribution in [2.24, 2.45) is 5.73 Å². The summed E-state index contributed by atoms with van der Waals surface area (Å²) in [5, 5.41) is 9.24. The van der Waals surface area contributed by atoms with Gasteiger partial charge in [-0.2, -0.15) is 0 Å². The van der Waals surface area contributed by atoms with Crippen LogP contribution in [0.2, 0.25) is 0 Å². The normalized spacial score (nSPS) is 13.4. The number of aliphatic hydroxyl groups excluding tert-OH is 1. The minimum Gasteiger partial charge on any atom is -0.386 e. The van der Waals surface area contributed by atoms with E-state index in [1.807, 2.05) is 6.92 Å². The molecule has 0 radical (unpaired) electrons. The first kappa shape index (κ1) is 8.23. The lowest BCUT2D eigenvalue weighted by molar-refractivity contribution is 0.182. The third-order valence-corrected chi connectivity index (χ3v) is 1.57. The van der Waals surface area contributed by atoms with E-state index in [0.717, 1.165) is 12.2 Å². The zero-order chi connectivity index (χ0) is 8.27. The van der Waals surface area contributed by atoms with Crippen molar-refractivity contribution in [2.75, 3.05) is 6.54 Å². The molecule has 1 atom stereocenters. The van der Waals surface area contributed by atoms with Crippen molar-refractivity contribution in [3.63, 3.8) is 0 Å². The van der Waals surface area contributed by atoms with Gasteiger partial charge < -0.3 is 15.8 Å². The van der Waals surface area contributed by atoms with Crippen molar-refractivity contribution >= 4 is 0 Å². The number of aliphatic hydroxyl groups is 1. The second-order valence-corrected chi connectivity index (χ2v) is 2.39. The number of hydrogen-bond donors (Lipinski definition) is 3. The summed E-state index contributed by atoms with van der Waals surface area (Å²) in [5.41, 5.74) is 5.96. The number of imidazole rings is 1. The molecule has 0 spiro atoms. The highest BCUT2D eigenvalue weighted by Gasteiger charge is 2.06. The van der Waals surface area contributed by atoms with Gasteiger partial charge in [-0.25, -0.2) is 4.98 Å². The van der Waals surface area contributed by atoms with Crippen LogP contribution in [0.5, 0.6) is 0 Å². The lowest BCUT2D eigenvalue weighted by Gasteiger charge is -2.02. The van der Waals surface area contributed by atoms with Crippen molar-refractivity contribution in [3.8, 4) is 0 Å². The van der Waals surface area contributed by atoms with Crippen LogP contribution in [0.15, 0.2) is 6.20 Å². The Balaban J connectivity index is 2.71. The Morgan fingerprint density at radius 2 is 2.55 bits per heavy atom. The Kier molecular flexibility index (Phi) is 2.62. The van der Waals surface area contributed by atoms with Crippen LogP contribution in [0.3, 0.4) is 0 Å². The lowest BCUT2D eigenvalue weighted by Crippen LogP contribution is -2.11. The molecule has 62 valence electrons. The molecule has 0 aliphatic carbocycles. The summed E-state index contributed by atoms with van der Waals surface area (Å²) in [6, 6.07) is 0. The maximum Gasteiger partial charge on any atom is 0.107 e. The van der Waals surface area contributed by atoms with Gasteiger partial charge in [0.05, 0.1) is 11.9 Å². The van der Waals surface area contributed by atoms with E-state index in [-0.39, 0.29) is 6.54 Å². The lowest BCUT2D eigenvalue weighted by atomic mass is 10.3. The number of nitrogens with zero attached hydrogens (tertiary/aromatic N) is 1. The highest BCUT2D eigenvalue weighted by atomic mass is 16.3. The van der Waals surface area contributed by atoms with Gasteiger partial charge in [-0.05, 0) is 0 Å². The van der Waals surface area contributed by atoms with Crippen molar-refractivity contribution in [1.82, 2.24) is 9.97 Å². The number of nitrogens with one attached hydrogen (secondary N) is 1. The number of hydrogen-bond acceptors (Lipinski definition) is 3. The van der Waals surface area contributed by atoms with E-state index in [2.05, 4.69) is 9.97 Å². The van der Waals surface area contributed by atoms with Gasteiger partial charge in [0.15, 0.2) is 0 Å². The Morgan fingerprint density at radius 1 is 1.82 bits per heavy atom. The van der Waals surface area contributed by atoms with E-state index < -0.39 is 6.10 Å². The molecule has 4 heteroatoms. The molecule has 4 nitrogen and oxygen atoms in total. The van der Waals surface area contributed by atoms with Crippen LogP contribution < -0.4 is 5.73 Å². The van der Waals surface area contributed by atoms with Crippen LogP contribution in [0.25, 0.3) is 0 Å². The highest BCUT2D eigenvalue weighted by Crippen LogP contribution is 2.07. The first-order valence-corrected chi connectivity index (χ1v) is 3.69. The fraction of sp³-hybridized carbons (Fsp3) is 0.571. The van der Waals surface area contributed by atoms with E-state index in [1.165, 1.54) is 0 Å². The molecule has 0 bridgehead atoms. The fourth-order valence-corrected chi connectivity index (χ4v) is 0.855. The molecule has 0 aliphatic heterocycles. The molecule has 0 saturated carbocycles. The summed E-state index contributed by atoms with van der Waals surface area (Å²) in [4.78, 5) is 7.01. The smallest absolute Gasteiger partial charge is 0.107 e. The maximum absolute atomic E-state index is 9.24. The standard InChI is InChI=1S/C7H13N3O/c1-2-7-9-4-5(10-7)6(11)3-8/h4,6,11H,2-3,8H2,1H3,(H,9,10). The van der Waals surface area contributed by atoms with Crippen molar-refractivity contribution in [1.29, 1.82) is 0 Å². The van der Waals surface area contributed by atoms with Gasteiger partial charge in [-0.1, -0.05) is 6.92 Å². The molecule has 4 N–H and O–H groups in total. The van der Waals surface area contributed by atoms with Crippen LogP contribution in [0.4, 0.5) is 0 Å². The molecule has 0 amide bonds. The largest absolute Gasteiger partial charge is 0.386 e. The van der Waals surface area contributed by atoms with E-state index in [0.29, 0.717) is 5.69 Å². The molecular formula is C7H13N3O. The summed E-state index contributed by atoms with van der Waals surface area (Å²) in [6.45, 7) is 2.22. The third-order valence-electron chi connectivity index (χ3n) is 1.57. The van der Waals surface area contributed by atoms with Crippen molar-refractivity contribution < 1.29 is 5.11 Å². The van der Waals surface area contributed by atoms with Gasteiger partial charge in [0.25, 0.3) is 0 Å². The average Bonchev–Trinajstić information content (AvgIpc) is 2.50. The summed E-state index contributed by atoms with van der Waals surface area (Å²) < 4.78 is 0. The van der Waals surface area contributed by atoms with Crippen LogP contribution in [0, 0.1) is 0 Å². The molecule has 1 heterocycles. The number of H-pyrrole nitrogens is 1.